The van der Waals surface area contributed by atoms with Gasteiger partial charge in [-0.3, -0.25) is 4.79 Å². The van der Waals surface area contributed by atoms with E-state index in [-0.39, 0.29) is 11.9 Å². The molecular weight excluding hydrogens is 284 g/mol. The lowest BCUT2D eigenvalue weighted by atomic mass is 9.87. The number of nitrogens with two attached hydrogens (primary N) is 1. The van der Waals surface area contributed by atoms with Gasteiger partial charge in [0, 0.05) is 17.3 Å². The summed E-state index contributed by atoms with van der Waals surface area (Å²) in [5.41, 5.74) is 11.5. The molecule has 0 aliphatic heterocycles. The first-order chi connectivity index (χ1) is 11.2. The first-order valence-electron chi connectivity index (χ1n) is 8.48. The fraction of sp³-hybridized carbons (Fsp3) is 0.350. The number of benzene rings is 2. The number of fused-ring (bicyclic) bond motifs is 1. The second-order valence-electron chi connectivity index (χ2n) is 6.84. The Hall–Kier alpha value is -2.13. The number of aryl methyl sites for hydroxylation is 1. The smallest absolute Gasteiger partial charge is 0.255 e. The fourth-order valence-corrected chi connectivity index (χ4v) is 3.38. The number of anilines is 1. The van der Waals surface area contributed by atoms with Crippen LogP contribution in [0, 0.1) is 0 Å². The van der Waals surface area contributed by atoms with Gasteiger partial charge in [0.25, 0.3) is 5.91 Å². The highest BCUT2D eigenvalue weighted by atomic mass is 16.1. The van der Waals surface area contributed by atoms with Crippen LogP contribution in [0.15, 0.2) is 42.5 Å². The van der Waals surface area contributed by atoms with Crippen LogP contribution in [0.1, 0.15) is 52.2 Å². The maximum Gasteiger partial charge on any atom is 0.255 e. The SMILES string of the molecule is N[C@@H]1CCc2cc(C(=O)Nc3ccc(C4CC4)cc3)ccc2C1. The predicted molar refractivity (Wildman–Crippen MR) is 92.8 cm³/mol. The monoisotopic (exact) mass is 306 g/mol. The fourth-order valence-electron chi connectivity index (χ4n) is 3.38. The molecule has 23 heavy (non-hydrogen) atoms. The third-order valence-corrected chi connectivity index (χ3v) is 4.95. The molecule has 2 aliphatic rings. The van der Waals surface area contributed by atoms with Gasteiger partial charge in [-0.15, -0.1) is 0 Å². The minimum Gasteiger partial charge on any atom is -0.327 e. The van der Waals surface area contributed by atoms with Crippen molar-refractivity contribution >= 4 is 11.6 Å². The summed E-state index contributed by atoms with van der Waals surface area (Å²) in [6.07, 6.45) is 5.48. The minimum atomic E-state index is -0.0400. The van der Waals surface area contributed by atoms with Gasteiger partial charge in [-0.05, 0) is 79.0 Å². The molecule has 3 heteroatoms. The number of rotatable bonds is 3. The topological polar surface area (TPSA) is 55.1 Å². The van der Waals surface area contributed by atoms with E-state index in [1.165, 1.54) is 29.5 Å². The molecule has 3 nitrogen and oxygen atoms in total. The molecule has 0 spiro atoms. The summed E-state index contributed by atoms with van der Waals surface area (Å²) < 4.78 is 0. The van der Waals surface area contributed by atoms with Gasteiger partial charge in [0.05, 0.1) is 0 Å². The van der Waals surface area contributed by atoms with Gasteiger partial charge >= 0.3 is 0 Å². The Bertz CT molecular complexity index is 732. The molecule has 1 saturated carbocycles. The van der Waals surface area contributed by atoms with Crippen LogP contribution < -0.4 is 11.1 Å². The second-order valence-corrected chi connectivity index (χ2v) is 6.84. The van der Waals surface area contributed by atoms with Gasteiger partial charge in [-0.25, -0.2) is 0 Å². The summed E-state index contributed by atoms with van der Waals surface area (Å²) in [4.78, 5) is 12.5. The molecule has 1 amide bonds. The van der Waals surface area contributed by atoms with Crippen molar-refractivity contribution in [2.45, 2.75) is 44.1 Å². The van der Waals surface area contributed by atoms with Crippen molar-refractivity contribution in [2.24, 2.45) is 5.73 Å². The van der Waals surface area contributed by atoms with Crippen LogP contribution >= 0.6 is 0 Å². The van der Waals surface area contributed by atoms with Crippen LogP contribution in [-0.2, 0) is 12.8 Å². The number of carbonyl (C=O) groups excluding carboxylic acids is 1. The van der Waals surface area contributed by atoms with Gasteiger partial charge in [0.15, 0.2) is 0 Å². The van der Waals surface area contributed by atoms with Gasteiger partial charge < -0.3 is 11.1 Å². The van der Waals surface area contributed by atoms with E-state index in [2.05, 4.69) is 23.5 Å². The van der Waals surface area contributed by atoms with Gasteiger partial charge in [0.1, 0.15) is 0 Å². The molecule has 3 N–H and O–H groups in total. The Labute approximate surface area is 136 Å². The molecule has 0 saturated heterocycles. The summed E-state index contributed by atoms with van der Waals surface area (Å²) in [6.45, 7) is 0. The van der Waals surface area contributed by atoms with E-state index in [1.807, 2.05) is 24.3 Å². The molecule has 4 rings (SSSR count). The molecular formula is C20H22N2O. The van der Waals surface area contributed by atoms with E-state index < -0.39 is 0 Å². The van der Waals surface area contributed by atoms with E-state index in [0.29, 0.717) is 0 Å². The molecule has 0 heterocycles. The molecule has 118 valence electrons. The molecule has 2 aliphatic carbocycles. The van der Waals surface area contributed by atoms with Gasteiger partial charge in [-0.2, -0.15) is 0 Å². The number of nitrogens with one attached hydrogen (secondary N) is 1. The van der Waals surface area contributed by atoms with Crippen LogP contribution in [0.5, 0.6) is 0 Å². The molecule has 0 radical (unpaired) electrons. The average Bonchev–Trinajstić information content (AvgIpc) is 3.40. The zero-order valence-corrected chi connectivity index (χ0v) is 13.2. The molecule has 0 unspecified atom stereocenters. The van der Waals surface area contributed by atoms with Crippen LogP contribution in [0.3, 0.4) is 0 Å². The van der Waals surface area contributed by atoms with Crippen molar-refractivity contribution < 1.29 is 4.79 Å². The Morgan fingerprint density at radius 2 is 1.78 bits per heavy atom. The third-order valence-electron chi connectivity index (χ3n) is 4.95. The molecule has 1 fully saturated rings. The average molecular weight is 306 g/mol. The number of hydrogen-bond donors (Lipinski definition) is 2. The van der Waals surface area contributed by atoms with E-state index in [0.717, 1.165) is 36.4 Å². The largest absolute Gasteiger partial charge is 0.327 e. The first kappa shape index (κ1) is 14.5. The summed E-state index contributed by atoms with van der Waals surface area (Å²) in [5.74, 6) is 0.702. The minimum absolute atomic E-state index is 0.0400. The van der Waals surface area contributed by atoms with Gasteiger partial charge in [0.2, 0.25) is 0 Å². The lowest BCUT2D eigenvalue weighted by Gasteiger charge is -2.21. The van der Waals surface area contributed by atoms with Crippen LogP contribution in [0.4, 0.5) is 5.69 Å². The highest BCUT2D eigenvalue weighted by Crippen LogP contribution is 2.40. The molecule has 0 aromatic heterocycles. The van der Waals surface area contributed by atoms with Crippen molar-refractivity contribution in [3.8, 4) is 0 Å². The zero-order chi connectivity index (χ0) is 15.8. The quantitative estimate of drug-likeness (QED) is 0.909. The Morgan fingerprint density at radius 3 is 2.52 bits per heavy atom. The van der Waals surface area contributed by atoms with Crippen LogP contribution in [0.25, 0.3) is 0 Å². The summed E-state index contributed by atoms with van der Waals surface area (Å²) >= 11 is 0. The number of hydrogen-bond acceptors (Lipinski definition) is 2. The maximum absolute atomic E-state index is 12.5. The van der Waals surface area contributed by atoms with Crippen molar-refractivity contribution in [1.82, 2.24) is 0 Å². The summed E-state index contributed by atoms with van der Waals surface area (Å²) in [7, 11) is 0. The van der Waals surface area contributed by atoms with Gasteiger partial charge in [-0.1, -0.05) is 18.2 Å². The lowest BCUT2D eigenvalue weighted by molar-refractivity contribution is 0.102. The highest BCUT2D eigenvalue weighted by molar-refractivity contribution is 6.04. The summed E-state index contributed by atoms with van der Waals surface area (Å²) in [5, 5.41) is 3.00. The van der Waals surface area contributed by atoms with Crippen LogP contribution in [0.2, 0.25) is 0 Å². The van der Waals surface area contributed by atoms with E-state index in [4.69, 9.17) is 5.73 Å². The van der Waals surface area contributed by atoms with E-state index in [1.54, 1.807) is 0 Å². The normalized spacial score (nSPS) is 20.0. The summed E-state index contributed by atoms with van der Waals surface area (Å²) in [6, 6.07) is 14.5. The first-order valence-corrected chi connectivity index (χ1v) is 8.48. The van der Waals surface area contributed by atoms with Crippen molar-refractivity contribution in [2.75, 3.05) is 5.32 Å². The number of amides is 1. The molecule has 0 bridgehead atoms. The number of carbonyl (C=O) groups is 1. The van der Waals surface area contributed by atoms with E-state index in [9.17, 15) is 4.79 Å². The van der Waals surface area contributed by atoms with Crippen LogP contribution in [-0.4, -0.2) is 11.9 Å². The molecule has 2 aromatic carbocycles. The zero-order valence-electron chi connectivity index (χ0n) is 13.2. The standard InChI is InChI=1S/C20H22N2O/c21-18-8-5-15-11-17(4-3-16(15)12-18)20(23)22-19-9-6-14(7-10-19)13-1-2-13/h3-4,6-7,9-11,13,18H,1-2,5,8,12,21H2,(H,22,23)/t18-/m1/s1. The maximum atomic E-state index is 12.5. The van der Waals surface area contributed by atoms with Crippen molar-refractivity contribution in [3.63, 3.8) is 0 Å². The lowest BCUT2D eigenvalue weighted by Crippen LogP contribution is -2.28. The third kappa shape index (κ3) is 3.15. The highest BCUT2D eigenvalue weighted by Gasteiger charge is 2.23. The Balaban J connectivity index is 1.48. The van der Waals surface area contributed by atoms with Crippen molar-refractivity contribution in [3.05, 3.63) is 64.7 Å². The predicted octanol–water partition coefficient (Wildman–Crippen LogP) is 3.63. The molecule has 2 aromatic rings. The molecule has 1 atom stereocenters. The van der Waals surface area contributed by atoms with Crippen molar-refractivity contribution in [1.29, 1.82) is 0 Å². The Morgan fingerprint density at radius 1 is 1.00 bits per heavy atom. The van der Waals surface area contributed by atoms with E-state index >= 15 is 0 Å². The second kappa shape index (κ2) is 5.82. The Kier molecular flexibility index (Phi) is 3.66.